The van der Waals surface area contributed by atoms with Crippen LogP contribution >= 0.6 is 0 Å². The molecule has 11 heteroatoms. The minimum Gasteiger partial charge on any atom is -0.480 e. The first-order chi connectivity index (χ1) is 14.1. The fraction of sp³-hybridized carbons (Fsp3) is 0.211. The predicted octanol–water partition coefficient (Wildman–Crippen LogP) is 2.68. The van der Waals surface area contributed by atoms with Gasteiger partial charge < -0.3 is 15.2 Å². The van der Waals surface area contributed by atoms with Crippen LogP contribution in [-0.4, -0.2) is 40.5 Å². The van der Waals surface area contributed by atoms with E-state index in [1.807, 2.05) is 5.32 Å². The Morgan fingerprint density at radius 2 is 1.77 bits per heavy atom. The smallest absolute Gasteiger partial charge is 0.326 e. The zero-order valence-electron chi connectivity index (χ0n) is 15.6. The Balaban J connectivity index is 2.34. The first-order valence-corrected chi connectivity index (χ1v) is 8.57. The molecule has 9 nitrogen and oxygen atoms in total. The number of aliphatic carboxylic acids is 1. The monoisotopic (exact) mass is 422 g/mol. The zero-order chi connectivity index (χ0) is 22.4. The van der Waals surface area contributed by atoms with Gasteiger partial charge in [-0.05, 0) is 36.2 Å². The lowest BCUT2D eigenvalue weighted by Crippen LogP contribution is -2.42. The molecule has 0 spiro atoms. The molecule has 30 heavy (non-hydrogen) atoms. The molecule has 2 rings (SSSR count). The lowest BCUT2D eigenvalue weighted by atomic mass is 10.0. The Morgan fingerprint density at radius 1 is 1.13 bits per heavy atom. The molecular weight excluding hydrogens is 406 g/mol. The molecule has 1 atom stereocenters. The molecule has 0 unspecified atom stereocenters. The number of hydrogen-bond donors (Lipinski definition) is 2. The van der Waals surface area contributed by atoms with Crippen LogP contribution in [0.1, 0.15) is 23.7 Å². The third-order valence-corrected chi connectivity index (χ3v) is 3.97. The van der Waals surface area contributed by atoms with Gasteiger partial charge >= 0.3 is 11.9 Å². The normalized spacial score (nSPS) is 11.4. The summed E-state index contributed by atoms with van der Waals surface area (Å²) in [6.45, 7) is 1.53. The summed E-state index contributed by atoms with van der Waals surface area (Å²) in [6, 6.07) is 4.52. The van der Waals surface area contributed by atoms with Gasteiger partial charge in [0.2, 0.25) is 0 Å². The second-order valence-electron chi connectivity index (χ2n) is 5.99. The number of nitrogens with zero attached hydrogens (tertiary/aromatic N) is 1. The molecule has 0 fully saturated rings. The van der Waals surface area contributed by atoms with Crippen LogP contribution in [0.15, 0.2) is 36.4 Å². The molecule has 158 valence electrons. The van der Waals surface area contributed by atoms with Gasteiger partial charge in [-0.25, -0.2) is 13.6 Å². The van der Waals surface area contributed by atoms with Gasteiger partial charge in [0.1, 0.15) is 11.6 Å². The molecule has 0 heterocycles. The summed E-state index contributed by atoms with van der Waals surface area (Å²) in [6.07, 6.45) is -0.671. The first kappa shape index (κ1) is 22.4. The Hall–Kier alpha value is -3.89. The Kier molecular flexibility index (Phi) is 7.13. The van der Waals surface area contributed by atoms with Gasteiger partial charge in [0.15, 0.2) is 11.6 Å². The maximum atomic E-state index is 13.4. The van der Waals surface area contributed by atoms with E-state index >= 15 is 0 Å². The van der Waals surface area contributed by atoms with Crippen LogP contribution in [0.4, 0.5) is 14.5 Å². The largest absolute Gasteiger partial charge is 0.480 e. The summed E-state index contributed by atoms with van der Waals surface area (Å²) in [4.78, 5) is 45.8. The van der Waals surface area contributed by atoms with Crippen LogP contribution in [0.5, 0.6) is 0 Å². The molecule has 0 aliphatic heterocycles. The lowest BCUT2D eigenvalue weighted by molar-refractivity contribution is -0.385. The van der Waals surface area contributed by atoms with Crippen molar-refractivity contribution < 1.29 is 37.9 Å². The highest BCUT2D eigenvalue weighted by Crippen LogP contribution is 2.28. The molecule has 0 aromatic heterocycles. The third-order valence-electron chi connectivity index (χ3n) is 3.97. The fourth-order valence-corrected chi connectivity index (χ4v) is 2.55. The van der Waals surface area contributed by atoms with Crippen molar-refractivity contribution in [3.05, 3.63) is 63.7 Å². The number of carbonyl (C=O) groups is 3. The molecule has 0 saturated heterocycles. The van der Waals surface area contributed by atoms with Gasteiger partial charge in [-0.1, -0.05) is 12.1 Å². The summed E-state index contributed by atoms with van der Waals surface area (Å²) in [5.41, 5.74) is -0.885. The van der Waals surface area contributed by atoms with Crippen LogP contribution in [0.3, 0.4) is 0 Å². The number of halogens is 2. The average Bonchev–Trinajstić information content (AvgIpc) is 2.69. The van der Waals surface area contributed by atoms with Crippen molar-refractivity contribution in [3.63, 3.8) is 0 Å². The van der Waals surface area contributed by atoms with E-state index in [-0.39, 0.29) is 17.7 Å². The Bertz CT molecular complexity index is 1010. The van der Waals surface area contributed by atoms with Crippen molar-refractivity contribution >= 4 is 23.5 Å². The SMILES string of the molecule is CCOC(=O)C[C@H](NC(=O)c1ccc(-c2ccc(F)c(F)c2)cc1[N+](=O)[O-])C(=O)O. The van der Waals surface area contributed by atoms with Gasteiger partial charge in [0.05, 0.1) is 18.0 Å². The number of amides is 1. The third kappa shape index (κ3) is 5.34. The highest BCUT2D eigenvalue weighted by Gasteiger charge is 2.28. The maximum absolute atomic E-state index is 13.4. The second kappa shape index (κ2) is 9.54. The van der Waals surface area contributed by atoms with Crippen molar-refractivity contribution in [2.75, 3.05) is 6.61 Å². The van der Waals surface area contributed by atoms with Crippen molar-refractivity contribution in [2.24, 2.45) is 0 Å². The van der Waals surface area contributed by atoms with E-state index in [9.17, 15) is 38.4 Å². The highest BCUT2D eigenvalue weighted by molar-refractivity contribution is 6.01. The van der Waals surface area contributed by atoms with Crippen LogP contribution in [-0.2, 0) is 14.3 Å². The minimum atomic E-state index is -1.66. The number of ether oxygens (including phenoxy) is 1. The number of carboxylic acid groups (broad SMARTS) is 1. The van der Waals surface area contributed by atoms with Crippen LogP contribution < -0.4 is 5.32 Å². The Labute approximate surface area is 168 Å². The van der Waals surface area contributed by atoms with Gasteiger partial charge in [-0.3, -0.25) is 19.7 Å². The molecule has 0 radical (unpaired) electrons. The van der Waals surface area contributed by atoms with E-state index in [4.69, 9.17) is 0 Å². The van der Waals surface area contributed by atoms with Crippen LogP contribution in [0.2, 0.25) is 0 Å². The fourth-order valence-electron chi connectivity index (χ4n) is 2.55. The van der Waals surface area contributed by atoms with Crippen LogP contribution in [0.25, 0.3) is 11.1 Å². The molecule has 0 saturated carbocycles. The van der Waals surface area contributed by atoms with E-state index in [0.29, 0.717) is 0 Å². The van der Waals surface area contributed by atoms with Crippen molar-refractivity contribution in [1.29, 1.82) is 0 Å². The van der Waals surface area contributed by atoms with Crippen molar-refractivity contribution in [1.82, 2.24) is 5.32 Å². The second-order valence-corrected chi connectivity index (χ2v) is 5.99. The summed E-state index contributed by atoms with van der Waals surface area (Å²) in [5, 5.41) is 22.6. The molecule has 2 N–H and O–H groups in total. The minimum absolute atomic E-state index is 0.00995. The van der Waals surface area contributed by atoms with E-state index in [1.54, 1.807) is 0 Å². The van der Waals surface area contributed by atoms with E-state index < -0.39 is 58.1 Å². The number of esters is 1. The number of carboxylic acids is 1. The molecule has 1 amide bonds. The number of rotatable bonds is 8. The Morgan fingerprint density at radius 3 is 2.33 bits per heavy atom. The molecule has 2 aromatic carbocycles. The lowest BCUT2D eigenvalue weighted by Gasteiger charge is -2.14. The summed E-state index contributed by atoms with van der Waals surface area (Å²) >= 11 is 0. The standard InChI is InChI=1S/C19H16F2N2O7/c1-2-30-17(24)9-15(19(26)27)22-18(25)12-5-3-11(8-16(12)23(28)29)10-4-6-13(20)14(21)7-10/h3-8,15H,2,9H2,1H3,(H,22,25)(H,26,27)/t15-/m0/s1. The molecule has 0 bridgehead atoms. The summed E-state index contributed by atoms with van der Waals surface area (Å²) in [7, 11) is 0. The topological polar surface area (TPSA) is 136 Å². The predicted molar refractivity (Wildman–Crippen MR) is 98.6 cm³/mol. The van der Waals surface area contributed by atoms with Gasteiger partial charge in [-0.2, -0.15) is 0 Å². The molecule has 2 aromatic rings. The van der Waals surface area contributed by atoms with E-state index in [2.05, 4.69) is 4.74 Å². The van der Waals surface area contributed by atoms with Gasteiger partial charge in [0, 0.05) is 6.07 Å². The molecule has 0 aliphatic carbocycles. The van der Waals surface area contributed by atoms with E-state index in [0.717, 1.165) is 24.3 Å². The highest BCUT2D eigenvalue weighted by atomic mass is 19.2. The number of nitro benzene ring substituents is 1. The number of carbonyl (C=O) groups excluding carboxylic acids is 2. The number of benzene rings is 2. The van der Waals surface area contributed by atoms with E-state index in [1.165, 1.54) is 19.1 Å². The average molecular weight is 422 g/mol. The maximum Gasteiger partial charge on any atom is 0.326 e. The van der Waals surface area contributed by atoms with Crippen LogP contribution in [0, 0.1) is 21.7 Å². The molecular formula is C19H16F2N2O7. The van der Waals surface area contributed by atoms with Crippen molar-refractivity contribution in [3.8, 4) is 11.1 Å². The first-order valence-electron chi connectivity index (χ1n) is 8.57. The number of nitrogens with one attached hydrogen (secondary N) is 1. The summed E-state index contributed by atoms with van der Waals surface area (Å²) < 4.78 is 31.2. The molecule has 0 aliphatic rings. The van der Waals surface area contributed by atoms with Gasteiger partial charge in [-0.15, -0.1) is 0 Å². The zero-order valence-corrected chi connectivity index (χ0v) is 15.6. The summed E-state index contributed by atoms with van der Waals surface area (Å²) in [5.74, 6) is -5.74. The number of hydrogen-bond acceptors (Lipinski definition) is 6. The quantitative estimate of drug-likeness (QED) is 0.379. The van der Waals surface area contributed by atoms with Gasteiger partial charge in [0.25, 0.3) is 11.6 Å². The van der Waals surface area contributed by atoms with Crippen molar-refractivity contribution in [2.45, 2.75) is 19.4 Å². The number of nitro groups is 1.